The standard InChI is InChI=1S/C13H9.C11H19OSi.C3H6.2ClH.Zr/c1-3-7-12-10(5-1)9-11-6-2-4-8-13(11)12;1-10(12-13(2,3)4)9-11-7-5-6-8-11;1-3-2;;;/h1-9H;5,7,10H,6,9H2,1-4H3;1-2H3;2*1H;/q;;;;;+2/p-2. The maximum absolute atomic E-state index is 6.41. The smallest absolute Gasteiger partial charge is 1.00 e. The molecule has 0 amide bonds. The van der Waals surface area contributed by atoms with Crippen molar-refractivity contribution in [1.82, 2.24) is 0 Å². The summed E-state index contributed by atoms with van der Waals surface area (Å²) in [7, 11) is -1.52. The third kappa shape index (κ3) is 5.73. The first-order chi connectivity index (χ1) is 14.3. The van der Waals surface area contributed by atoms with Crippen LogP contribution in [0.4, 0.5) is 0 Å². The summed E-state index contributed by atoms with van der Waals surface area (Å²) >= 11 is -2.11. The molecule has 0 N–H and O–H groups in total. The molecule has 170 valence electrons. The van der Waals surface area contributed by atoms with Gasteiger partial charge in [0, 0.05) is 0 Å². The van der Waals surface area contributed by atoms with Crippen molar-refractivity contribution in [1.29, 1.82) is 0 Å². The molecule has 0 radical (unpaired) electrons. The molecule has 0 bridgehead atoms. The molecule has 2 aromatic rings. The first kappa shape index (κ1) is 27.7. The Kier molecular flexibility index (Phi) is 9.72. The average molecular weight is 565 g/mol. The SMILES string of the molecule is C[C](C)=[Zr+2]([C]1=C(CC(C)O[Si](C)(C)C)C=CC1)[CH]1c2ccccc2-c2ccccc21.[Cl-].[Cl-]. The second-order valence-electron chi connectivity index (χ2n) is 9.88. The number of rotatable bonds is 6. The van der Waals surface area contributed by atoms with Gasteiger partial charge in [0.1, 0.15) is 0 Å². The van der Waals surface area contributed by atoms with Crippen LogP contribution in [0.5, 0.6) is 0 Å². The largest absolute Gasteiger partial charge is 1.00 e. The third-order valence-electron chi connectivity index (χ3n) is 6.08. The van der Waals surface area contributed by atoms with Gasteiger partial charge in [-0.3, -0.25) is 0 Å². The van der Waals surface area contributed by atoms with E-state index in [-0.39, 0.29) is 24.8 Å². The van der Waals surface area contributed by atoms with Gasteiger partial charge in [0.25, 0.3) is 0 Å². The topological polar surface area (TPSA) is 9.23 Å². The average Bonchev–Trinajstić information content (AvgIpc) is 3.24. The fraction of sp³-hybridized carbons (Fsp3) is 0.370. The minimum atomic E-state index is -2.11. The van der Waals surface area contributed by atoms with E-state index < -0.39 is 29.6 Å². The Bertz CT molecular complexity index is 1020. The van der Waals surface area contributed by atoms with Crippen LogP contribution in [0.3, 0.4) is 0 Å². The van der Waals surface area contributed by atoms with Crippen LogP contribution in [0.1, 0.15) is 48.4 Å². The summed E-state index contributed by atoms with van der Waals surface area (Å²) in [4.78, 5) is 0. The predicted molar refractivity (Wildman–Crippen MR) is 129 cm³/mol. The van der Waals surface area contributed by atoms with E-state index in [0.29, 0.717) is 9.73 Å². The first-order valence-corrected chi connectivity index (χ1v) is 18.5. The molecule has 2 aliphatic carbocycles. The van der Waals surface area contributed by atoms with Crippen LogP contribution in [0, 0.1) is 0 Å². The van der Waals surface area contributed by atoms with E-state index in [4.69, 9.17) is 4.43 Å². The molecule has 5 heteroatoms. The Morgan fingerprint density at radius 2 is 1.50 bits per heavy atom. The summed E-state index contributed by atoms with van der Waals surface area (Å²) < 4.78 is 10.5. The van der Waals surface area contributed by atoms with Crippen molar-refractivity contribution < 1.29 is 50.5 Å². The van der Waals surface area contributed by atoms with Crippen LogP contribution >= 0.6 is 0 Å². The Hall–Kier alpha value is -0.570. The number of fused-ring (bicyclic) bond motifs is 3. The van der Waals surface area contributed by atoms with Crippen LogP contribution in [-0.4, -0.2) is 17.6 Å². The molecule has 0 heterocycles. The van der Waals surface area contributed by atoms with Gasteiger partial charge in [0.2, 0.25) is 0 Å². The predicted octanol–water partition coefficient (Wildman–Crippen LogP) is 1.44. The molecule has 0 aliphatic heterocycles. The molecule has 0 aromatic heterocycles. The molecule has 4 rings (SSSR count). The number of hydrogen-bond acceptors (Lipinski definition) is 1. The summed E-state index contributed by atoms with van der Waals surface area (Å²) in [6.45, 7) is 14.0. The van der Waals surface area contributed by atoms with E-state index in [9.17, 15) is 0 Å². The van der Waals surface area contributed by atoms with Crippen molar-refractivity contribution >= 4 is 11.5 Å². The van der Waals surface area contributed by atoms with Crippen molar-refractivity contribution in [3.8, 4) is 11.1 Å². The van der Waals surface area contributed by atoms with Crippen LogP contribution in [0.15, 0.2) is 69.5 Å². The van der Waals surface area contributed by atoms with Crippen LogP contribution in [0.2, 0.25) is 19.6 Å². The molecule has 0 saturated carbocycles. The van der Waals surface area contributed by atoms with Gasteiger partial charge >= 0.3 is 192 Å². The molecule has 1 atom stereocenters. The van der Waals surface area contributed by atoms with Gasteiger partial charge in [-0.1, -0.05) is 0 Å². The third-order valence-corrected chi connectivity index (χ3v) is 15.7. The summed E-state index contributed by atoms with van der Waals surface area (Å²) in [6, 6.07) is 18.3. The molecule has 2 aromatic carbocycles. The zero-order chi connectivity index (χ0) is 21.5. The van der Waals surface area contributed by atoms with Crippen LogP contribution in [0.25, 0.3) is 11.1 Å². The van der Waals surface area contributed by atoms with Crippen molar-refractivity contribution in [3.63, 3.8) is 0 Å². The molecular weight excluding hydrogens is 531 g/mol. The normalized spacial score (nSPS) is 15.3. The van der Waals surface area contributed by atoms with E-state index in [1.54, 1.807) is 23.2 Å². The minimum absolute atomic E-state index is 0. The van der Waals surface area contributed by atoms with Gasteiger partial charge in [-0.2, -0.15) is 0 Å². The second-order valence-corrected chi connectivity index (χ2v) is 21.7. The zero-order valence-corrected chi connectivity index (χ0v) is 25.0. The fourth-order valence-electron chi connectivity index (χ4n) is 5.21. The Labute approximate surface area is 215 Å². The first-order valence-electron chi connectivity index (χ1n) is 11.2. The van der Waals surface area contributed by atoms with Crippen molar-refractivity contribution in [2.24, 2.45) is 0 Å². The van der Waals surface area contributed by atoms with Gasteiger partial charge in [-0.15, -0.1) is 0 Å². The Morgan fingerprint density at radius 1 is 0.969 bits per heavy atom. The Balaban J connectivity index is 0.00000181. The number of halogens is 2. The van der Waals surface area contributed by atoms with E-state index in [2.05, 4.69) is 101 Å². The maximum atomic E-state index is 6.41. The zero-order valence-electron chi connectivity index (χ0n) is 20.0. The molecule has 1 nitrogen and oxygen atoms in total. The molecule has 0 saturated heterocycles. The monoisotopic (exact) mass is 562 g/mol. The van der Waals surface area contributed by atoms with Gasteiger partial charge in [-0.05, 0) is 0 Å². The summed E-state index contributed by atoms with van der Waals surface area (Å²) in [5.41, 5.74) is 7.64. The molecular formula is C27H34Cl2OSiZr. The van der Waals surface area contributed by atoms with Gasteiger partial charge in [0.15, 0.2) is 0 Å². The summed E-state index contributed by atoms with van der Waals surface area (Å²) in [6.07, 6.45) is 7.33. The number of benzene rings is 2. The van der Waals surface area contributed by atoms with Crippen LogP contribution in [-0.2, 0) is 25.7 Å². The maximum Gasteiger partial charge on any atom is -1.00 e. The summed E-state index contributed by atoms with van der Waals surface area (Å²) in [5.74, 6) is 0. The second kappa shape index (κ2) is 11.2. The minimum Gasteiger partial charge on any atom is -1.00 e. The Morgan fingerprint density at radius 3 is 2.00 bits per heavy atom. The quantitative estimate of drug-likeness (QED) is 0.483. The molecule has 32 heavy (non-hydrogen) atoms. The van der Waals surface area contributed by atoms with Gasteiger partial charge in [0.05, 0.1) is 0 Å². The molecule has 0 spiro atoms. The van der Waals surface area contributed by atoms with E-state index in [1.807, 2.05) is 0 Å². The van der Waals surface area contributed by atoms with Crippen molar-refractivity contribution in [2.75, 3.05) is 0 Å². The van der Waals surface area contributed by atoms with E-state index >= 15 is 0 Å². The number of hydrogen-bond donors (Lipinski definition) is 0. The fourth-order valence-corrected chi connectivity index (χ4v) is 15.2. The van der Waals surface area contributed by atoms with E-state index in [0.717, 1.165) is 12.8 Å². The number of allylic oxidation sites excluding steroid dienone is 3. The van der Waals surface area contributed by atoms with Crippen molar-refractivity contribution in [2.45, 2.75) is 63.0 Å². The van der Waals surface area contributed by atoms with Crippen molar-refractivity contribution in [3.05, 3.63) is 80.7 Å². The molecule has 0 fully saturated rings. The van der Waals surface area contributed by atoms with Gasteiger partial charge < -0.3 is 24.8 Å². The summed E-state index contributed by atoms with van der Waals surface area (Å²) in [5, 5.41) is 0. The van der Waals surface area contributed by atoms with Crippen LogP contribution < -0.4 is 24.8 Å². The van der Waals surface area contributed by atoms with E-state index in [1.165, 1.54) is 11.1 Å². The van der Waals surface area contributed by atoms with Gasteiger partial charge in [-0.25, -0.2) is 0 Å². The molecule has 2 aliphatic rings. The molecule has 1 unspecified atom stereocenters.